The molecule has 2 N–H and O–H groups in total. The number of rotatable bonds is 9. The SMILES string of the molecule is CCc1noc(CC)c1CNC(=NC)NCCCCN1C(=O)c2ccccc2C1=O.I. The average Bonchev–Trinajstić information content (AvgIpc) is 3.29. The van der Waals surface area contributed by atoms with Crippen molar-refractivity contribution in [3.63, 3.8) is 0 Å². The van der Waals surface area contributed by atoms with Gasteiger partial charge >= 0.3 is 0 Å². The predicted molar refractivity (Wildman–Crippen MR) is 130 cm³/mol. The number of aromatic nitrogens is 1. The van der Waals surface area contributed by atoms with E-state index in [1.807, 2.05) is 6.92 Å². The van der Waals surface area contributed by atoms with Crippen molar-refractivity contribution in [1.82, 2.24) is 20.7 Å². The van der Waals surface area contributed by atoms with E-state index in [2.05, 4.69) is 27.7 Å². The number of imide groups is 1. The van der Waals surface area contributed by atoms with E-state index in [1.54, 1.807) is 31.3 Å². The van der Waals surface area contributed by atoms with Gasteiger partial charge in [-0.25, -0.2) is 0 Å². The maximum absolute atomic E-state index is 12.4. The number of hydrogen-bond donors (Lipinski definition) is 2. The number of aryl methyl sites for hydroxylation is 2. The Morgan fingerprint density at radius 1 is 1.06 bits per heavy atom. The van der Waals surface area contributed by atoms with Crippen LogP contribution >= 0.6 is 24.0 Å². The third-order valence-corrected chi connectivity index (χ3v) is 5.24. The number of halogens is 1. The first-order chi connectivity index (χ1) is 14.6. The quantitative estimate of drug-likeness (QED) is 0.167. The summed E-state index contributed by atoms with van der Waals surface area (Å²) in [7, 11) is 1.73. The van der Waals surface area contributed by atoms with Gasteiger partial charge in [0.1, 0.15) is 5.76 Å². The predicted octanol–water partition coefficient (Wildman–Crippen LogP) is 3.16. The van der Waals surface area contributed by atoms with Gasteiger partial charge in [-0.2, -0.15) is 0 Å². The molecule has 3 rings (SSSR count). The number of carbonyl (C=O) groups is 2. The summed E-state index contributed by atoms with van der Waals surface area (Å²) in [6.07, 6.45) is 3.15. The number of guanidine groups is 1. The maximum atomic E-state index is 12.4. The number of carbonyl (C=O) groups excluding carboxylic acids is 2. The Morgan fingerprint density at radius 2 is 1.74 bits per heavy atom. The van der Waals surface area contributed by atoms with Crippen molar-refractivity contribution in [3.8, 4) is 0 Å². The van der Waals surface area contributed by atoms with Crippen LogP contribution in [-0.2, 0) is 19.4 Å². The summed E-state index contributed by atoms with van der Waals surface area (Å²) in [5.41, 5.74) is 3.05. The van der Waals surface area contributed by atoms with Gasteiger partial charge in [0.15, 0.2) is 5.96 Å². The van der Waals surface area contributed by atoms with E-state index >= 15 is 0 Å². The van der Waals surface area contributed by atoms with E-state index < -0.39 is 0 Å². The van der Waals surface area contributed by atoms with E-state index in [0.29, 0.717) is 36.7 Å². The minimum atomic E-state index is -0.201. The zero-order valence-corrected chi connectivity index (χ0v) is 20.6. The molecule has 0 atom stereocenters. The summed E-state index contributed by atoms with van der Waals surface area (Å²) in [6, 6.07) is 6.97. The lowest BCUT2D eigenvalue weighted by Crippen LogP contribution is -2.38. The van der Waals surface area contributed by atoms with Crippen LogP contribution in [0.25, 0.3) is 0 Å². The maximum Gasteiger partial charge on any atom is 0.261 e. The monoisotopic (exact) mass is 539 g/mol. The van der Waals surface area contributed by atoms with E-state index in [9.17, 15) is 9.59 Å². The number of fused-ring (bicyclic) bond motifs is 1. The number of aliphatic imine (C=N–C) groups is 1. The first kappa shape index (κ1) is 24.8. The Balaban J connectivity index is 0.00000341. The highest BCUT2D eigenvalue weighted by Gasteiger charge is 2.34. The number of amides is 2. The molecular formula is C22H30IN5O3. The number of nitrogens with zero attached hydrogens (tertiary/aromatic N) is 3. The molecule has 0 radical (unpaired) electrons. The van der Waals surface area contributed by atoms with Gasteiger partial charge < -0.3 is 15.2 Å². The average molecular weight is 539 g/mol. The molecule has 0 unspecified atom stereocenters. The van der Waals surface area contributed by atoms with Crippen molar-refractivity contribution >= 4 is 41.8 Å². The molecule has 0 aliphatic carbocycles. The highest BCUT2D eigenvalue weighted by Crippen LogP contribution is 2.22. The molecule has 31 heavy (non-hydrogen) atoms. The van der Waals surface area contributed by atoms with Crippen LogP contribution in [0.1, 0.15) is 64.4 Å². The lowest BCUT2D eigenvalue weighted by Gasteiger charge is -2.15. The van der Waals surface area contributed by atoms with Crippen LogP contribution in [-0.4, -0.2) is 48.0 Å². The Labute approximate surface area is 199 Å². The van der Waals surface area contributed by atoms with Crippen LogP contribution in [0.3, 0.4) is 0 Å². The van der Waals surface area contributed by atoms with Gasteiger partial charge in [-0.3, -0.25) is 19.5 Å². The molecule has 0 spiro atoms. The molecule has 1 aliphatic rings. The van der Waals surface area contributed by atoms with Gasteiger partial charge in [0.2, 0.25) is 0 Å². The fourth-order valence-electron chi connectivity index (χ4n) is 3.57. The molecular weight excluding hydrogens is 509 g/mol. The second-order valence-corrected chi connectivity index (χ2v) is 7.11. The Hall–Kier alpha value is -2.43. The van der Waals surface area contributed by atoms with Crippen molar-refractivity contribution in [2.75, 3.05) is 20.1 Å². The minimum Gasteiger partial charge on any atom is -0.361 e. The van der Waals surface area contributed by atoms with Crippen LogP contribution in [0.15, 0.2) is 33.8 Å². The highest BCUT2D eigenvalue weighted by molar-refractivity contribution is 14.0. The standard InChI is InChI=1S/C22H29N5O3.HI/c1-4-18-17(19(5-2)30-26-18)14-25-22(23-3)24-12-8-9-13-27-20(28)15-10-6-7-11-16(15)21(27)29;/h6-7,10-11H,4-5,8-9,12-14H2,1-3H3,(H2,23,24,25);1H. The van der Waals surface area contributed by atoms with Crippen molar-refractivity contribution in [1.29, 1.82) is 0 Å². The van der Waals surface area contributed by atoms with E-state index in [0.717, 1.165) is 42.7 Å². The fourth-order valence-corrected chi connectivity index (χ4v) is 3.57. The Kier molecular flexibility index (Phi) is 9.47. The zero-order valence-electron chi connectivity index (χ0n) is 18.2. The fraction of sp³-hybridized carbons (Fsp3) is 0.455. The Morgan fingerprint density at radius 3 is 2.32 bits per heavy atom. The smallest absolute Gasteiger partial charge is 0.261 e. The summed E-state index contributed by atoms with van der Waals surface area (Å²) in [4.78, 5) is 30.3. The molecule has 0 fully saturated rings. The highest BCUT2D eigenvalue weighted by atomic mass is 127. The van der Waals surface area contributed by atoms with Gasteiger partial charge in [0, 0.05) is 38.7 Å². The minimum absolute atomic E-state index is 0. The summed E-state index contributed by atoms with van der Waals surface area (Å²) in [5, 5.41) is 10.7. The van der Waals surface area contributed by atoms with Gasteiger partial charge in [-0.15, -0.1) is 24.0 Å². The van der Waals surface area contributed by atoms with Crippen LogP contribution in [0, 0.1) is 0 Å². The van der Waals surface area contributed by atoms with Crippen molar-refractivity contribution < 1.29 is 14.1 Å². The molecule has 0 bridgehead atoms. The molecule has 168 valence electrons. The zero-order chi connectivity index (χ0) is 21.5. The van der Waals surface area contributed by atoms with E-state index in [-0.39, 0.29) is 35.8 Å². The second kappa shape index (κ2) is 11.8. The molecule has 0 saturated carbocycles. The van der Waals surface area contributed by atoms with Crippen molar-refractivity contribution in [2.45, 2.75) is 46.1 Å². The molecule has 9 heteroatoms. The van der Waals surface area contributed by atoms with Crippen LogP contribution in [0.4, 0.5) is 0 Å². The van der Waals surface area contributed by atoms with Crippen LogP contribution in [0.5, 0.6) is 0 Å². The number of benzene rings is 1. The largest absolute Gasteiger partial charge is 0.361 e. The lowest BCUT2D eigenvalue weighted by molar-refractivity contribution is 0.0652. The number of unbranched alkanes of at least 4 members (excludes halogenated alkanes) is 1. The summed E-state index contributed by atoms with van der Waals surface area (Å²) in [5.74, 6) is 1.19. The molecule has 8 nitrogen and oxygen atoms in total. The molecule has 1 aromatic carbocycles. The van der Waals surface area contributed by atoms with Gasteiger partial charge in [-0.05, 0) is 31.4 Å². The third-order valence-electron chi connectivity index (χ3n) is 5.24. The summed E-state index contributed by atoms with van der Waals surface area (Å²) < 4.78 is 5.39. The third kappa shape index (κ3) is 5.63. The Bertz CT molecular complexity index is 884. The number of nitrogens with one attached hydrogen (secondary N) is 2. The summed E-state index contributed by atoms with van der Waals surface area (Å²) >= 11 is 0. The normalized spacial score (nSPS) is 13.3. The van der Waals surface area contributed by atoms with Crippen molar-refractivity contribution in [2.24, 2.45) is 4.99 Å². The first-order valence-electron chi connectivity index (χ1n) is 10.5. The molecule has 2 heterocycles. The van der Waals surface area contributed by atoms with Gasteiger partial charge in [0.25, 0.3) is 11.8 Å². The van der Waals surface area contributed by atoms with Gasteiger partial charge in [0.05, 0.1) is 16.8 Å². The molecule has 2 amide bonds. The van der Waals surface area contributed by atoms with E-state index in [4.69, 9.17) is 4.52 Å². The molecule has 2 aromatic rings. The van der Waals surface area contributed by atoms with Gasteiger partial charge in [-0.1, -0.05) is 31.1 Å². The first-order valence-corrected chi connectivity index (χ1v) is 10.5. The second-order valence-electron chi connectivity index (χ2n) is 7.11. The summed E-state index contributed by atoms with van der Waals surface area (Å²) in [6.45, 7) is 5.81. The van der Waals surface area contributed by atoms with Crippen LogP contribution in [0.2, 0.25) is 0 Å². The van der Waals surface area contributed by atoms with Crippen LogP contribution < -0.4 is 10.6 Å². The topological polar surface area (TPSA) is 99.8 Å². The van der Waals surface area contributed by atoms with E-state index in [1.165, 1.54) is 4.90 Å². The lowest BCUT2D eigenvalue weighted by atomic mass is 10.1. The molecule has 0 saturated heterocycles. The molecule has 1 aliphatic heterocycles. The number of hydrogen-bond acceptors (Lipinski definition) is 5. The van der Waals surface area contributed by atoms with Crippen molar-refractivity contribution in [3.05, 3.63) is 52.4 Å². The molecule has 1 aromatic heterocycles.